The van der Waals surface area contributed by atoms with Crippen LogP contribution in [0.15, 0.2) is 0 Å². The molecule has 3 saturated heterocycles. The molecule has 3 fully saturated rings. The number of nitrogens with one attached hydrogen (secondary N) is 2. The van der Waals surface area contributed by atoms with Crippen LogP contribution in [0.1, 0.15) is 40.5 Å². The molecule has 0 aromatic heterocycles. The summed E-state index contributed by atoms with van der Waals surface area (Å²) in [6.07, 6.45) is -0.914. The first kappa shape index (κ1) is 24.7. The summed E-state index contributed by atoms with van der Waals surface area (Å²) < 4.78 is 61.7. The summed E-state index contributed by atoms with van der Waals surface area (Å²) in [6.45, 7) is 7.66. The Kier molecular flexibility index (Phi) is 7.30. The van der Waals surface area contributed by atoms with Gasteiger partial charge in [0.05, 0.1) is 6.61 Å². The van der Waals surface area contributed by atoms with Gasteiger partial charge in [-0.15, -0.1) is 0 Å². The summed E-state index contributed by atoms with van der Waals surface area (Å²) in [5.41, 5.74) is 0. The molecule has 31 heavy (non-hydrogen) atoms. The molecule has 0 saturated carbocycles. The summed E-state index contributed by atoms with van der Waals surface area (Å²) >= 11 is 0. The van der Waals surface area contributed by atoms with Gasteiger partial charge in [0.25, 0.3) is 0 Å². The average Bonchev–Trinajstić information content (AvgIpc) is 3.10. The summed E-state index contributed by atoms with van der Waals surface area (Å²) in [6, 6.07) is 0. The molecule has 3 heterocycles. The van der Waals surface area contributed by atoms with E-state index >= 15 is 0 Å². The number of rotatable bonds is 11. The van der Waals surface area contributed by atoms with Crippen molar-refractivity contribution in [3.63, 3.8) is 0 Å². The average molecular weight is 470 g/mol. The summed E-state index contributed by atoms with van der Waals surface area (Å²) in [7, 11) is -4.07. The van der Waals surface area contributed by atoms with Crippen LogP contribution in [0.5, 0.6) is 0 Å². The van der Waals surface area contributed by atoms with E-state index in [0.717, 1.165) is 0 Å². The molecule has 13 heteroatoms. The highest BCUT2D eigenvalue weighted by Gasteiger charge is 2.65. The topological polar surface area (TPSA) is 155 Å². The number of ether oxygens (including phenoxy) is 5. The number of carboxylic acid groups (broad SMARTS) is 1. The lowest BCUT2D eigenvalue weighted by Gasteiger charge is -2.40. The van der Waals surface area contributed by atoms with Gasteiger partial charge in [-0.05, 0) is 40.7 Å². The molecule has 0 amide bonds. The molecule has 0 aromatic rings. The first-order valence-corrected chi connectivity index (χ1v) is 11.7. The minimum atomic E-state index is -4.07. The van der Waals surface area contributed by atoms with Gasteiger partial charge in [0.2, 0.25) is 5.79 Å². The Morgan fingerprint density at radius 3 is 2.58 bits per heavy atom. The van der Waals surface area contributed by atoms with Crippen LogP contribution in [-0.2, 0) is 38.2 Å². The van der Waals surface area contributed by atoms with E-state index in [0.29, 0.717) is 19.5 Å². The summed E-state index contributed by atoms with van der Waals surface area (Å²) in [5.74, 6) is -3.92. The molecule has 0 radical (unpaired) electrons. The van der Waals surface area contributed by atoms with Crippen molar-refractivity contribution in [1.82, 2.24) is 10.0 Å². The molecule has 4 N–H and O–H groups in total. The predicted octanol–water partition coefficient (Wildman–Crippen LogP) is -0.334. The van der Waals surface area contributed by atoms with E-state index in [1.165, 1.54) is 0 Å². The van der Waals surface area contributed by atoms with E-state index in [4.69, 9.17) is 37.8 Å². The zero-order chi connectivity index (χ0) is 22.9. The van der Waals surface area contributed by atoms with Crippen LogP contribution >= 0.6 is 0 Å². The Bertz CT molecular complexity index is 758. The van der Waals surface area contributed by atoms with Gasteiger partial charge in [0.1, 0.15) is 31.3 Å². The first-order valence-electron chi connectivity index (χ1n) is 10.3. The predicted molar refractivity (Wildman–Crippen MR) is 107 cm³/mol. The normalized spacial score (nSPS) is 33.7. The van der Waals surface area contributed by atoms with Crippen LogP contribution in [0.3, 0.4) is 0 Å². The molecular formula is C18H33N2O10S+. The van der Waals surface area contributed by atoms with Gasteiger partial charge in [-0.25, -0.2) is 0 Å². The van der Waals surface area contributed by atoms with Gasteiger partial charge in [-0.3, -0.25) is 4.18 Å². The highest BCUT2D eigenvalue weighted by atomic mass is 32.2. The Morgan fingerprint density at radius 2 is 1.87 bits per heavy atom. The lowest BCUT2D eigenvalue weighted by Crippen LogP contribution is -2.60. The van der Waals surface area contributed by atoms with E-state index in [1.54, 1.807) is 27.7 Å². The molecule has 180 valence electrons. The number of hydrogen-bond acceptors (Lipinski definition) is 9. The third-order valence-corrected chi connectivity index (χ3v) is 6.01. The third-order valence-electron chi connectivity index (χ3n) is 5.02. The molecule has 3 aliphatic rings. The number of aliphatic hydroxyl groups excluding tert-OH is 1. The maximum absolute atomic E-state index is 12.3. The Labute approximate surface area is 182 Å². The summed E-state index contributed by atoms with van der Waals surface area (Å²) in [4.78, 5) is 8.69. The van der Waals surface area contributed by atoms with Gasteiger partial charge < -0.3 is 38.9 Å². The Morgan fingerprint density at radius 1 is 1.13 bits per heavy atom. The highest BCUT2D eigenvalue weighted by molar-refractivity contribution is 7.84. The van der Waals surface area contributed by atoms with Crippen LogP contribution in [0.2, 0.25) is 0 Å². The van der Waals surface area contributed by atoms with Gasteiger partial charge in [-0.1, -0.05) is 0 Å². The van der Waals surface area contributed by atoms with E-state index in [-0.39, 0.29) is 25.7 Å². The third kappa shape index (κ3) is 6.33. The molecule has 4 atom stereocenters. The molecular weight excluding hydrogens is 436 g/mol. The van der Waals surface area contributed by atoms with Crippen LogP contribution in [0.25, 0.3) is 0 Å². The minimum Gasteiger partial charge on any atom is -0.343 e. The number of fused-ring (bicyclic) bond motifs is 3. The summed E-state index contributed by atoms with van der Waals surface area (Å²) in [5, 5.41) is 11.7. The van der Waals surface area contributed by atoms with Crippen molar-refractivity contribution in [2.24, 2.45) is 0 Å². The standard InChI is InChI=1S/C18H32N2O10S/c1-16(2)27-12-10-25-18(15(14(12)28-16)29-17(3,4)30-18)11-26-31(23,24)20-9-8-19-7-5-6-13(21)22/h12,14-15,19-20H,5-11H2,1-4H3,(H,21,22)/p+1/t12-,14-,15?,18+/m1/s1. The van der Waals surface area contributed by atoms with Gasteiger partial charge in [0, 0.05) is 13.1 Å². The van der Waals surface area contributed by atoms with E-state index < -0.39 is 52.4 Å². The molecule has 0 aromatic carbocycles. The van der Waals surface area contributed by atoms with Gasteiger partial charge in [0.15, 0.2) is 11.6 Å². The molecule has 0 aliphatic carbocycles. The zero-order valence-electron chi connectivity index (χ0n) is 18.3. The second kappa shape index (κ2) is 9.15. The number of carboxylic acids is 1. The van der Waals surface area contributed by atoms with Crippen LogP contribution in [0.4, 0.5) is 0 Å². The van der Waals surface area contributed by atoms with Crippen LogP contribution < -0.4 is 10.0 Å². The lowest BCUT2D eigenvalue weighted by molar-refractivity contribution is -0.290. The van der Waals surface area contributed by atoms with Crippen molar-refractivity contribution in [1.29, 1.82) is 0 Å². The monoisotopic (exact) mass is 469 g/mol. The maximum atomic E-state index is 12.3. The van der Waals surface area contributed by atoms with Gasteiger partial charge in [-0.2, -0.15) is 13.1 Å². The van der Waals surface area contributed by atoms with Crippen molar-refractivity contribution in [2.75, 3.05) is 32.8 Å². The van der Waals surface area contributed by atoms with Crippen LogP contribution in [-0.4, -0.2) is 92.8 Å². The fourth-order valence-corrected chi connectivity index (χ4v) is 4.66. The van der Waals surface area contributed by atoms with Crippen molar-refractivity contribution in [3.8, 4) is 0 Å². The fourth-order valence-electron chi connectivity index (χ4n) is 3.91. The molecule has 3 rings (SSSR count). The highest BCUT2D eigenvalue weighted by Crippen LogP contribution is 2.47. The Hall–Kier alpha value is -0.900. The Balaban J connectivity index is 1.52. The van der Waals surface area contributed by atoms with Crippen molar-refractivity contribution >= 4 is 16.3 Å². The maximum Gasteiger partial charge on any atom is 0.480 e. The molecule has 0 spiro atoms. The molecule has 3 aliphatic heterocycles. The zero-order valence-corrected chi connectivity index (χ0v) is 19.1. The molecule has 0 bridgehead atoms. The van der Waals surface area contributed by atoms with Crippen molar-refractivity contribution in [2.45, 2.75) is 76.2 Å². The van der Waals surface area contributed by atoms with E-state index in [2.05, 4.69) is 10.0 Å². The quantitative estimate of drug-likeness (QED) is 0.270. The largest absolute Gasteiger partial charge is 0.480 e. The van der Waals surface area contributed by atoms with Crippen molar-refractivity contribution < 1.29 is 46.2 Å². The number of aliphatic carboxylic acids is 1. The second-order valence-corrected chi connectivity index (χ2v) is 10.1. The van der Waals surface area contributed by atoms with Crippen LogP contribution in [0, 0.1) is 0 Å². The second-order valence-electron chi connectivity index (χ2n) is 8.68. The van der Waals surface area contributed by atoms with Crippen molar-refractivity contribution in [3.05, 3.63) is 0 Å². The van der Waals surface area contributed by atoms with E-state index in [1.807, 2.05) is 0 Å². The minimum absolute atomic E-state index is 0.0904. The molecule has 12 nitrogen and oxygen atoms in total. The van der Waals surface area contributed by atoms with Gasteiger partial charge >= 0.3 is 16.3 Å². The van der Waals surface area contributed by atoms with E-state index in [9.17, 15) is 8.42 Å². The SMILES string of the molecule is CC1(C)O[C@@H]2CO[C@@]3(COS(=O)(=O)NCCNCCCC(O)=[OH+])OC(C)(C)OC3[C@@H]2O1. The first-order chi connectivity index (χ1) is 14.3. The fraction of sp³-hybridized carbons (Fsp3) is 0.944. The number of hydrogen-bond donors (Lipinski definition) is 3. The smallest absolute Gasteiger partial charge is 0.343 e. The lowest BCUT2D eigenvalue weighted by atomic mass is 9.98. The molecule has 1 unspecified atom stereocenters.